The van der Waals surface area contributed by atoms with Crippen molar-refractivity contribution in [1.29, 1.82) is 0 Å². The van der Waals surface area contributed by atoms with Gasteiger partial charge in [0, 0.05) is 4.88 Å². The quantitative estimate of drug-likeness (QED) is 0.870. The van der Waals surface area contributed by atoms with E-state index in [1.165, 1.54) is 4.88 Å². The predicted molar refractivity (Wildman–Crippen MR) is 64.2 cm³/mol. The summed E-state index contributed by atoms with van der Waals surface area (Å²) >= 11 is 3.28. The molecular weight excluding hydrogens is 226 g/mol. The maximum absolute atomic E-state index is 11.5. The molecule has 0 aliphatic heterocycles. The molecule has 0 aliphatic carbocycles. The lowest BCUT2D eigenvalue weighted by atomic mass is 10.2. The van der Waals surface area contributed by atoms with E-state index < -0.39 is 0 Å². The Bertz CT molecular complexity index is 406. The molecule has 0 fully saturated rings. The molecule has 2 heterocycles. The molecule has 0 aliphatic rings. The van der Waals surface area contributed by atoms with E-state index >= 15 is 0 Å². The minimum Gasteiger partial charge on any atom is -0.351 e. The van der Waals surface area contributed by atoms with Crippen molar-refractivity contribution in [3.8, 4) is 0 Å². The first-order valence-corrected chi connectivity index (χ1v) is 6.47. The molecule has 15 heavy (non-hydrogen) atoms. The summed E-state index contributed by atoms with van der Waals surface area (Å²) in [7, 11) is 0. The highest BCUT2D eigenvalue weighted by Gasteiger charge is 2.03. The summed E-state index contributed by atoms with van der Waals surface area (Å²) in [5.74, 6) is 0.0850. The lowest BCUT2D eigenvalue weighted by molar-refractivity contribution is -0.120. The van der Waals surface area contributed by atoms with Crippen molar-refractivity contribution in [3.63, 3.8) is 0 Å². The summed E-state index contributed by atoms with van der Waals surface area (Å²) in [6, 6.07) is 6.00. The van der Waals surface area contributed by atoms with Crippen LogP contribution in [0.25, 0.3) is 0 Å². The van der Waals surface area contributed by atoms with Gasteiger partial charge in [0.15, 0.2) is 0 Å². The number of amides is 1. The van der Waals surface area contributed by atoms with Gasteiger partial charge in [0.05, 0.1) is 13.0 Å². The smallest absolute Gasteiger partial charge is 0.224 e. The summed E-state index contributed by atoms with van der Waals surface area (Å²) in [4.78, 5) is 12.7. The van der Waals surface area contributed by atoms with Gasteiger partial charge in [-0.05, 0) is 33.8 Å². The number of carbonyl (C=O) groups excluding carboxylic acids is 1. The topological polar surface area (TPSA) is 29.1 Å². The lowest BCUT2D eigenvalue weighted by Crippen LogP contribution is -2.23. The van der Waals surface area contributed by atoms with E-state index in [4.69, 9.17) is 0 Å². The maximum Gasteiger partial charge on any atom is 0.224 e. The van der Waals surface area contributed by atoms with E-state index in [1.54, 1.807) is 22.7 Å². The van der Waals surface area contributed by atoms with Gasteiger partial charge in [-0.3, -0.25) is 4.79 Å². The van der Waals surface area contributed by atoms with Gasteiger partial charge in [-0.25, -0.2) is 0 Å². The third-order valence-electron chi connectivity index (χ3n) is 1.98. The zero-order chi connectivity index (χ0) is 10.5. The molecule has 2 aromatic rings. The van der Waals surface area contributed by atoms with Crippen LogP contribution in [-0.4, -0.2) is 5.91 Å². The van der Waals surface area contributed by atoms with Crippen molar-refractivity contribution in [3.05, 3.63) is 44.8 Å². The van der Waals surface area contributed by atoms with Gasteiger partial charge in [0.2, 0.25) is 5.91 Å². The van der Waals surface area contributed by atoms with Crippen LogP contribution in [0.3, 0.4) is 0 Å². The van der Waals surface area contributed by atoms with E-state index in [1.807, 2.05) is 34.3 Å². The third kappa shape index (κ3) is 3.18. The Morgan fingerprint density at radius 1 is 1.33 bits per heavy atom. The van der Waals surface area contributed by atoms with Crippen LogP contribution in [-0.2, 0) is 17.8 Å². The maximum atomic E-state index is 11.5. The number of carbonyl (C=O) groups is 1. The first-order chi connectivity index (χ1) is 7.34. The van der Waals surface area contributed by atoms with Gasteiger partial charge in [0.1, 0.15) is 0 Å². The number of thiophene rings is 2. The van der Waals surface area contributed by atoms with E-state index in [9.17, 15) is 4.79 Å². The van der Waals surface area contributed by atoms with Gasteiger partial charge in [-0.1, -0.05) is 6.07 Å². The van der Waals surface area contributed by atoms with Crippen LogP contribution in [0.1, 0.15) is 10.4 Å². The van der Waals surface area contributed by atoms with Crippen molar-refractivity contribution in [1.82, 2.24) is 5.32 Å². The molecule has 0 radical (unpaired) electrons. The van der Waals surface area contributed by atoms with Gasteiger partial charge < -0.3 is 5.32 Å². The van der Waals surface area contributed by atoms with Crippen molar-refractivity contribution in [2.45, 2.75) is 13.0 Å². The summed E-state index contributed by atoms with van der Waals surface area (Å²) in [6.45, 7) is 0.640. The molecule has 78 valence electrons. The summed E-state index contributed by atoms with van der Waals surface area (Å²) in [5, 5.41) is 8.91. The Hall–Kier alpha value is -1.13. The highest BCUT2D eigenvalue weighted by molar-refractivity contribution is 7.09. The Morgan fingerprint density at radius 2 is 2.27 bits per heavy atom. The molecule has 4 heteroatoms. The number of hydrogen-bond acceptors (Lipinski definition) is 3. The van der Waals surface area contributed by atoms with Gasteiger partial charge in [-0.15, -0.1) is 11.3 Å². The molecule has 2 rings (SSSR count). The van der Waals surface area contributed by atoms with Crippen LogP contribution < -0.4 is 5.32 Å². The summed E-state index contributed by atoms with van der Waals surface area (Å²) in [6.07, 6.45) is 0.481. The lowest BCUT2D eigenvalue weighted by Gasteiger charge is -2.01. The molecule has 0 saturated heterocycles. The highest BCUT2D eigenvalue weighted by Crippen LogP contribution is 2.09. The monoisotopic (exact) mass is 237 g/mol. The second-order valence-electron chi connectivity index (χ2n) is 3.16. The fourth-order valence-corrected chi connectivity index (χ4v) is 2.55. The molecule has 1 N–H and O–H groups in total. The molecule has 1 amide bonds. The summed E-state index contributed by atoms with van der Waals surface area (Å²) in [5.41, 5.74) is 1.09. The molecule has 2 nitrogen and oxygen atoms in total. The van der Waals surface area contributed by atoms with Gasteiger partial charge in [0.25, 0.3) is 0 Å². The van der Waals surface area contributed by atoms with Crippen LogP contribution in [0.2, 0.25) is 0 Å². The van der Waals surface area contributed by atoms with Crippen LogP contribution in [0, 0.1) is 0 Å². The normalized spacial score (nSPS) is 10.1. The summed E-state index contributed by atoms with van der Waals surface area (Å²) < 4.78 is 0. The second kappa shape index (κ2) is 5.09. The minimum absolute atomic E-state index is 0.0850. The first-order valence-electron chi connectivity index (χ1n) is 4.65. The Balaban J connectivity index is 1.78. The molecular formula is C11H11NOS2. The number of nitrogens with one attached hydrogen (secondary N) is 1. The molecule has 0 spiro atoms. The standard InChI is InChI=1S/C11H11NOS2/c13-11(6-9-3-5-14-8-9)12-7-10-2-1-4-15-10/h1-5,8H,6-7H2,(H,12,13). The fraction of sp³-hybridized carbons (Fsp3) is 0.182. The Morgan fingerprint density at radius 3 is 2.93 bits per heavy atom. The highest BCUT2D eigenvalue weighted by atomic mass is 32.1. The molecule has 2 aromatic heterocycles. The predicted octanol–water partition coefficient (Wildman–Crippen LogP) is 2.67. The average Bonchev–Trinajstić information content (AvgIpc) is 2.86. The van der Waals surface area contributed by atoms with Crippen LogP contribution in [0.4, 0.5) is 0 Å². The van der Waals surface area contributed by atoms with E-state index in [-0.39, 0.29) is 5.91 Å². The van der Waals surface area contributed by atoms with Gasteiger partial charge in [-0.2, -0.15) is 11.3 Å². The Kier molecular flexibility index (Phi) is 3.53. The second-order valence-corrected chi connectivity index (χ2v) is 4.98. The third-order valence-corrected chi connectivity index (χ3v) is 3.59. The zero-order valence-corrected chi connectivity index (χ0v) is 9.74. The van der Waals surface area contributed by atoms with Crippen molar-refractivity contribution >= 4 is 28.6 Å². The molecule has 0 bridgehead atoms. The minimum atomic E-state index is 0.0850. The van der Waals surface area contributed by atoms with Crippen molar-refractivity contribution in [2.24, 2.45) is 0 Å². The molecule has 0 aromatic carbocycles. The van der Waals surface area contributed by atoms with Crippen molar-refractivity contribution < 1.29 is 4.79 Å². The van der Waals surface area contributed by atoms with Crippen molar-refractivity contribution in [2.75, 3.05) is 0 Å². The zero-order valence-electron chi connectivity index (χ0n) is 8.10. The van der Waals surface area contributed by atoms with Crippen LogP contribution >= 0.6 is 22.7 Å². The van der Waals surface area contributed by atoms with Crippen LogP contribution in [0.5, 0.6) is 0 Å². The molecule has 0 unspecified atom stereocenters. The average molecular weight is 237 g/mol. The first kappa shape index (κ1) is 10.4. The molecule has 0 atom stereocenters. The molecule has 0 saturated carbocycles. The number of rotatable bonds is 4. The van der Waals surface area contributed by atoms with Gasteiger partial charge >= 0.3 is 0 Å². The SMILES string of the molecule is O=C(Cc1ccsc1)NCc1cccs1. The Labute approximate surface area is 96.6 Å². The fourth-order valence-electron chi connectivity index (χ4n) is 1.24. The van der Waals surface area contributed by atoms with E-state index in [2.05, 4.69) is 5.32 Å². The van der Waals surface area contributed by atoms with Crippen LogP contribution in [0.15, 0.2) is 34.3 Å². The van der Waals surface area contributed by atoms with E-state index in [0.29, 0.717) is 13.0 Å². The van der Waals surface area contributed by atoms with E-state index in [0.717, 1.165) is 5.56 Å². The largest absolute Gasteiger partial charge is 0.351 e. The number of hydrogen-bond donors (Lipinski definition) is 1.